The molecule has 0 bridgehead atoms. The van der Waals surface area contributed by atoms with Gasteiger partial charge in [0.1, 0.15) is 0 Å². The third-order valence-corrected chi connectivity index (χ3v) is 2.86. The monoisotopic (exact) mass is 303 g/mol. The van der Waals surface area contributed by atoms with E-state index in [1.807, 2.05) is 0 Å². The zero-order chi connectivity index (χ0) is 15.0. The zero-order valence-electron chi connectivity index (χ0n) is 9.52. The van der Waals surface area contributed by atoms with Crippen LogP contribution in [0.2, 0.25) is 5.02 Å². The lowest BCUT2D eigenvalue weighted by Gasteiger charge is -2.14. The van der Waals surface area contributed by atoms with Gasteiger partial charge in [-0.3, -0.25) is 0 Å². The highest BCUT2D eigenvalue weighted by Crippen LogP contribution is 2.32. The van der Waals surface area contributed by atoms with Crippen LogP contribution in [0.4, 0.5) is 17.6 Å². The first-order valence-corrected chi connectivity index (χ1v) is 5.55. The Kier molecular flexibility index (Phi) is 3.67. The van der Waals surface area contributed by atoms with E-state index in [2.05, 4.69) is 0 Å². The molecule has 0 atom stereocenters. The van der Waals surface area contributed by atoms with Crippen LogP contribution < -0.4 is 5.11 Å². The highest BCUT2D eigenvalue weighted by atomic mass is 35.5. The molecule has 0 amide bonds. The summed E-state index contributed by atoms with van der Waals surface area (Å²) in [6.45, 7) is 0. The Hall–Kier alpha value is -2.08. The summed E-state index contributed by atoms with van der Waals surface area (Å²) in [6.07, 6.45) is 0. The Morgan fingerprint density at radius 2 is 1.40 bits per heavy atom. The second-order valence-corrected chi connectivity index (χ2v) is 4.24. The van der Waals surface area contributed by atoms with Gasteiger partial charge in [-0.1, -0.05) is 23.7 Å². The number of carboxylic acid groups (broad SMARTS) is 1. The fourth-order valence-corrected chi connectivity index (χ4v) is 1.84. The largest absolute Gasteiger partial charge is 0.545 e. The smallest absolute Gasteiger partial charge is 0.198 e. The molecule has 0 aliphatic carbocycles. The minimum absolute atomic E-state index is 0.177. The summed E-state index contributed by atoms with van der Waals surface area (Å²) in [7, 11) is 0. The minimum Gasteiger partial charge on any atom is -0.545 e. The molecular weight excluding hydrogens is 300 g/mol. The molecule has 0 radical (unpaired) electrons. The van der Waals surface area contributed by atoms with Gasteiger partial charge in [0.2, 0.25) is 0 Å². The molecule has 7 heteroatoms. The van der Waals surface area contributed by atoms with E-state index in [-0.39, 0.29) is 10.6 Å². The number of carbonyl (C=O) groups is 1. The van der Waals surface area contributed by atoms with Crippen molar-refractivity contribution < 1.29 is 27.5 Å². The molecule has 0 aliphatic rings. The summed E-state index contributed by atoms with van der Waals surface area (Å²) in [5.74, 6) is -10.3. The predicted octanol–water partition coefficient (Wildman–Crippen LogP) is 2.93. The van der Waals surface area contributed by atoms with E-state index in [0.29, 0.717) is 0 Å². The Morgan fingerprint density at radius 3 is 1.90 bits per heavy atom. The lowest BCUT2D eigenvalue weighted by atomic mass is 9.98. The van der Waals surface area contributed by atoms with Crippen molar-refractivity contribution in [1.82, 2.24) is 0 Å². The SMILES string of the molecule is O=C([O-])c1c(F)c(F)c(F)c(F)c1-c1ccc(Cl)cc1. The Morgan fingerprint density at radius 1 is 0.900 bits per heavy atom. The van der Waals surface area contributed by atoms with Crippen molar-refractivity contribution >= 4 is 17.6 Å². The number of rotatable bonds is 2. The molecule has 0 fully saturated rings. The van der Waals surface area contributed by atoms with Crippen LogP contribution >= 0.6 is 11.6 Å². The number of carbonyl (C=O) groups excluding carboxylic acids is 1. The molecule has 104 valence electrons. The Bertz CT molecular complexity index is 699. The zero-order valence-corrected chi connectivity index (χ0v) is 10.3. The molecule has 0 heterocycles. The van der Waals surface area contributed by atoms with Gasteiger partial charge in [0.25, 0.3) is 0 Å². The maximum Gasteiger partial charge on any atom is 0.198 e. The molecule has 0 aliphatic heterocycles. The van der Waals surface area contributed by atoms with Crippen molar-refractivity contribution in [3.63, 3.8) is 0 Å². The van der Waals surface area contributed by atoms with Crippen LogP contribution in [0.25, 0.3) is 11.1 Å². The van der Waals surface area contributed by atoms with Crippen molar-refractivity contribution in [3.8, 4) is 11.1 Å². The third-order valence-electron chi connectivity index (χ3n) is 2.60. The summed E-state index contributed by atoms with van der Waals surface area (Å²) in [4.78, 5) is 10.9. The van der Waals surface area contributed by atoms with E-state index in [9.17, 15) is 27.5 Å². The summed E-state index contributed by atoms with van der Waals surface area (Å²) < 4.78 is 53.5. The standard InChI is InChI=1S/C13H5ClF4O2/c14-6-3-1-5(2-4-6)7-8(13(19)20)10(16)12(18)11(17)9(7)15/h1-4H,(H,19,20)/p-1. The van der Waals surface area contributed by atoms with Gasteiger partial charge in [-0.05, 0) is 17.7 Å². The normalized spacial score (nSPS) is 10.7. The van der Waals surface area contributed by atoms with Gasteiger partial charge >= 0.3 is 0 Å². The van der Waals surface area contributed by atoms with Crippen LogP contribution in [0.5, 0.6) is 0 Å². The van der Waals surface area contributed by atoms with Crippen LogP contribution in [0.1, 0.15) is 10.4 Å². The summed E-state index contributed by atoms with van der Waals surface area (Å²) in [6, 6.07) is 4.80. The quantitative estimate of drug-likeness (QED) is 0.486. The Labute approximate surface area is 115 Å². The number of aromatic carboxylic acids is 1. The van der Waals surface area contributed by atoms with Crippen molar-refractivity contribution in [1.29, 1.82) is 0 Å². The number of benzene rings is 2. The average Bonchev–Trinajstić information content (AvgIpc) is 2.41. The maximum absolute atomic E-state index is 13.7. The van der Waals surface area contributed by atoms with Crippen molar-refractivity contribution in [2.24, 2.45) is 0 Å². The number of carboxylic acids is 1. The van der Waals surface area contributed by atoms with E-state index >= 15 is 0 Å². The van der Waals surface area contributed by atoms with Crippen molar-refractivity contribution in [3.05, 3.63) is 58.1 Å². The molecule has 2 nitrogen and oxygen atoms in total. The first-order valence-electron chi connectivity index (χ1n) is 5.17. The lowest BCUT2D eigenvalue weighted by molar-refractivity contribution is -0.255. The topological polar surface area (TPSA) is 40.1 Å². The average molecular weight is 304 g/mol. The fourth-order valence-electron chi connectivity index (χ4n) is 1.71. The number of hydrogen-bond donors (Lipinski definition) is 0. The van der Waals surface area contributed by atoms with Crippen LogP contribution in [0, 0.1) is 23.3 Å². The van der Waals surface area contributed by atoms with Crippen LogP contribution in [-0.2, 0) is 0 Å². The maximum atomic E-state index is 13.7. The first-order chi connectivity index (χ1) is 9.34. The van der Waals surface area contributed by atoms with Gasteiger partial charge in [-0.15, -0.1) is 0 Å². The van der Waals surface area contributed by atoms with Crippen molar-refractivity contribution in [2.45, 2.75) is 0 Å². The van der Waals surface area contributed by atoms with Gasteiger partial charge in [-0.25, -0.2) is 17.6 Å². The molecule has 0 saturated heterocycles. The highest BCUT2D eigenvalue weighted by molar-refractivity contribution is 6.30. The van der Waals surface area contributed by atoms with Gasteiger partial charge in [0, 0.05) is 16.1 Å². The van der Waals surface area contributed by atoms with Crippen molar-refractivity contribution in [2.75, 3.05) is 0 Å². The highest BCUT2D eigenvalue weighted by Gasteiger charge is 2.26. The molecule has 2 rings (SSSR count). The molecular formula is C13H4ClF4O2-. The second kappa shape index (κ2) is 5.13. The van der Waals surface area contributed by atoms with Gasteiger partial charge in [0.15, 0.2) is 23.3 Å². The predicted molar refractivity (Wildman–Crippen MR) is 61.1 cm³/mol. The first kappa shape index (κ1) is 14.3. The van der Waals surface area contributed by atoms with E-state index in [0.717, 1.165) is 12.1 Å². The van der Waals surface area contributed by atoms with Gasteiger partial charge < -0.3 is 9.90 Å². The summed E-state index contributed by atoms with van der Waals surface area (Å²) in [5, 5.41) is 11.1. The molecule has 0 aromatic heterocycles. The second-order valence-electron chi connectivity index (χ2n) is 3.80. The van der Waals surface area contributed by atoms with Gasteiger partial charge in [-0.2, -0.15) is 0 Å². The van der Waals surface area contributed by atoms with E-state index in [1.54, 1.807) is 0 Å². The molecule has 0 N–H and O–H groups in total. The minimum atomic E-state index is -2.21. The fraction of sp³-hybridized carbons (Fsp3) is 0. The van der Waals surface area contributed by atoms with E-state index in [1.165, 1.54) is 12.1 Å². The molecule has 20 heavy (non-hydrogen) atoms. The van der Waals surface area contributed by atoms with Crippen LogP contribution in [0.15, 0.2) is 24.3 Å². The lowest BCUT2D eigenvalue weighted by Crippen LogP contribution is -2.26. The molecule has 2 aromatic carbocycles. The van der Waals surface area contributed by atoms with Crippen LogP contribution in [0.3, 0.4) is 0 Å². The summed E-state index contributed by atoms with van der Waals surface area (Å²) >= 11 is 5.60. The Balaban J connectivity index is 2.87. The molecule has 0 spiro atoms. The molecule has 0 saturated carbocycles. The molecule has 2 aromatic rings. The van der Waals surface area contributed by atoms with E-state index in [4.69, 9.17) is 11.6 Å². The molecule has 0 unspecified atom stereocenters. The van der Waals surface area contributed by atoms with Gasteiger partial charge in [0.05, 0.1) is 5.97 Å². The van der Waals surface area contributed by atoms with E-state index < -0.39 is 40.4 Å². The summed E-state index contributed by atoms with van der Waals surface area (Å²) in [5.41, 5.74) is -2.49. The number of halogens is 5. The third kappa shape index (κ3) is 2.22. The number of hydrogen-bond acceptors (Lipinski definition) is 2. The van der Waals surface area contributed by atoms with Crippen LogP contribution in [-0.4, -0.2) is 5.97 Å².